The lowest BCUT2D eigenvalue weighted by Gasteiger charge is -2.05. The summed E-state index contributed by atoms with van der Waals surface area (Å²) in [5.74, 6) is -1.56. The SMILES string of the molecule is CCOC(=O)c1ccc2c(c1)sc(=NC(=O)c1cc(Cl)sc1Cl)n2CC(=O)OC. The summed E-state index contributed by atoms with van der Waals surface area (Å²) in [6, 6.07) is 6.32. The number of thiophene rings is 1. The third-order valence-corrected chi connectivity index (χ3v) is 6.32. The number of esters is 2. The summed E-state index contributed by atoms with van der Waals surface area (Å²) < 4.78 is 12.5. The molecule has 0 spiro atoms. The van der Waals surface area contributed by atoms with Crippen LogP contribution in [0.1, 0.15) is 27.6 Å². The average molecular weight is 473 g/mol. The summed E-state index contributed by atoms with van der Waals surface area (Å²) in [5.41, 5.74) is 1.15. The fraction of sp³-hybridized carbons (Fsp3) is 0.222. The largest absolute Gasteiger partial charge is 0.468 e. The Hall–Kier alpha value is -2.20. The highest BCUT2D eigenvalue weighted by molar-refractivity contribution is 7.20. The zero-order chi connectivity index (χ0) is 21.1. The number of amides is 1. The standard InChI is InChI=1S/C18H14Cl2N2O5S2/c1-3-27-17(25)9-4-5-11-12(6-9)28-18(22(11)8-14(23)26-2)21-16(24)10-7-13(19)29-15(10)20/h4-7H,3,8H2,1-2H3. The van der Waals surface area contributed by atoms with Crippen molar-refractivity contribution < 1.29 is 23.9 Å². The minimum atomic E-state index is -0.589. The van der Waals surface area contributed by atoms with E-state index in [1.54, 1.807) is 29.7 Å². The molecule has 2 aromatic heterocycles. The monoisotopic (exact) mass is 472 g/mol. The second-order valence-electron chi connectivity index (χ2n) is 5.60. The van der Waals surface area contributed by atoms with E-state index in [-0.39, 0.29) is 27.9 Å². The highest BCUT2D eigenvalue weighted by Crippen LogP contribution is 2.31. The number of rotatable bonds is 5. The van der Waals surface area contributed by atoms with Crippen LogP contribution in [0.3, 0.4) is 0 Å². The number of nitrogens with zero attached hydrogens (tertiary/aromatic N) is 2. The van der Waals surface area contributed by atoms with E-state index in [9.17, 15) is 14.4 Å². The van der Waals surface area contributed by atoms with E-state index < -0.39 is 17.8 Å². The van der Waals surface area contributed by atoms with Gasteiger partial charge in [0.1, 0.15) is 10.9 Å². The zero-order valence-corrected chi connectivity index (χ0v) is 18.4. The van der Waals surface area contributed by atoms with Gasteiger partial charge in [-0.15, -0.1) is 11.3 Å². The number of hydrogen-bond acceptors (Lipinski definition) is 7. The quantitative estimate of drug-likeness (QED) is 0.520. The van der Waals surface area contributed by atoms with E-state index in [2.05, 4.69) is 4.99 Å². The minimum absolute atomic E-state index is 0.153. The Kier molecular flexibility index (Phi) is 6.74. The van der Waals surface area contributed by atoms with E-state index >= 15 is 0 Å². The Balaban J connectivity index is 2.14. The van der Waals surface area contributed by atoms with Crippen LogP contribution < -0.4 is 4.80 Å². The van der Waals surface area contributed by atoms with Gasteiger partial charge in [-0.25, -0.2) is 4.79 Å². The fourth-order valence-electron chi connectivity index (χ4n) is 2.48. The van der Waals surface area contributed by atoms with Crippen LogP contribution >= 0.6 is 45.9 Å². The second-order valence-corrected chi connectivity index (χ2v) is 8.90. The molecule has 0 bridgehead atoms. The van der Waals surface area contributed by atoms with E-state index in [1.807, 2.05) is 0 Å². The van der Waals surface area contributed by atoms with Crippen molar-refractivity contribution in [2.24, 2.45) is 4.99 Å². The van der Waals surface area contributed by atoms with Crippen molar-refractivity contribution in [1.29, 1.82) is 0 Å². The van der Waals surface area contributed by atoms with Gasteiger partial charge < -0.3 is 14.0 Å². The van der Waals surface area contributed by atoms with Gasteiger partial charge in [0, 0.05) is 0 Å². The molecule has 0 aliphatic heterocycles. The summed E-state index contributed by atoms with van der Waals surface area (Å²) in [5, 5.41) is 0. The number of hydrogen-bond donors (Lipinski definition) is 0. The maximum Gasteiger partial charge on any atom is 0.338 e. The Morgan fingerprint density at radius 2 is 1.93 bits per heavy atom. The minimum Gasteiger partial charge on any atom is -0.468 e. The average Bonchev–Trinajstić information content (AvgIpc) is 3.20. The lowest BCUT2D eigenvalue weighted by atomic mass is 10.2. The molecule has 0 atom stereocenters. The number of halogens is 2. The summed E-state index contributed by atoms with van der Waals surface area (Å²) in [7, 11) is 1.27. The number of carbonyl (C=O) groups is 3. The second kappa shape index (κ2) is 9.08. The molecule has 3 rings (SSSR count). The normalized spacial score (nSPS) is 11.7. The van der Waals surface area contributed by atoms with Crippen LogP contribution in [0.4, 0.5) is 0 Å². The summed E-state index contributed by atoms with van der Waals surface area (Å²) >= 11 is 14.2. The van der Waals surface area contributed by atoms with E-state index in [1.165, 1.54) is 13.2 Å². The van der Waals surface area contributed by atoms with Crippen molar-refractivity contribution in [3.05, 3.63) is 48.9 Å². The predicted octanol–water partition coefficient (Wildman–Crippen LogP) is 4.16. The van der Waals surface area contributed by atoms with Crippen molar-refractivity contribution in [1.82, 2.24) is 4.57 Å². The molecule has 0 radical (unpaired) electrons. The molecule has 1 aromatic carbocycles. The Bertz CT molecular complexity index is 1180. The number of benzene rings is 1. The summed E-state index contributed by atoms with van der Waals surface area (Å²) in [4.78, 5) is 40.9. The van der Waals surface area contributed by atoms with Crippen molar-refractivity contribution in [3.63, 3.8) is 0 Å². The molecule has 7 nitrogen and oxygen atoms in total. The Morgan fingerprint density at radius 3 is 2.55 bits per heavy atom. The third kappa shape index (κ3) is 4.69. The first kappa shape index (κ1) is 21.5. The van der Waals surface area contributed by atoms with Gasteiger partial charge in [0.15, 0.2) is 4.80 Å². The molecular formula is C18H14Cl2N2O5S2. The van der Waals surface area contributed by atoms with E-state index in [0.29, 0.717) is 20.1 Å². The molecule has 29 heavy (non-hydrogen) atoms. The van der Waals surface area contributed by atoms with Crippen LogP contribution in [0.2, 0.25) is 8.67 Å². The zero-order valence-electron chi connectivity index (χ0n) is 15.2. The van der Waals surface area contributed by atoms with Crippen LogP contribution in [-0.4, -0.2) is 36.1 Å². The van der Waals surface area contributed by atoms with Crippen molar-refractivity contribution >= 4 is 73.9 Å². The first-order valence-electron chi connectivity index (χ1n) is 8.25. The summed E-state index contributed by atoms with van der Waals surface area (Å²) in [6.45, 7) is 1.82. The van der Waals surface area contributed by atoms with Gasteiger partial charge in [0.05, 0.1) is 39.4 Å². The number of carbonyl (C=O) groups excluding carboxylic acids is 3. The number of aromatic nitrogens is 1. The molecule has 11 heteroatoms. The van der Waals surface area contributed by atoms with E-state index in [0.717, 1.165) is 22.7 Å². The van der Waals surface area contributed by atoms with Crippen molar-refractivity contribution in [2.75, 3.05) is 13.7 Å². The Morgan fingerprint density at radius 1 is 1.17 bits per heavy atom. The maximum absolute atomic E-state index is 12.6. The predicted molar refractivity (Wildman–Crippen MR) is 112 cm³/mol. The van der Waals surface area contributed by atoms with Gasteiger partial charge in [-0.05, 0) is 31.2 Å². The van der Waals surface area contributed by atoms with Crippen LogP contribution in [0.25, 0.3) is 10.2 Å². The first-order valence-corrected chi connectivity index (χ1v) is 10.6. The number of ether oxygens (including phenoxy) is 2. The molecule has 0 N–H and O–H groups in total. The van der Waals surface area contributed by atoms with Gasteiger partial charge >= 0.3 is 11.9 Å². The molecule has 0 aliphatic rings. The maximum atomic E-state index is 12.6. The van der Waals surface area contributed by atoms with Gasteiger partial charge in [-0.1, -0.05) is 34.5 Å². The molecule has 0 aliphatic carbocycles. The Labute approximate surface area is 183 Å². The summed E-state index contributed by atoms with van der Waals surface area (Å²) in [6.07, 6.45) is 0. The molecule has 0 saturated carbocycles. The topological polar surface area (TPSA) is 87.0 Å². The first-order chi connectivity index (χ1) is 13.8. The number of methoxy groups -OCH3 is 1. The molecular weight excluding hydrogens is 459 g/mol. The van der Waals surface area contributed by atoms with Crippen molar-refractivity contribution in [2.45, 2.75) is 13.5 Å². The lowest BCUT2D eigenvalue weighted by molar-refractivity contribution is -0.141. The fourth-order valence-corrected chi connectivity index (χ4v) is 4.99. The molecule has 0 saturated heterocycles. The highest BCUT2D eigenvalue weighted by atomic mass is 35.5. The van der Waals surface area contributed by atoms with Gasteiger partial charge in [0.25, 0.3) is 5.91 Å². The molecule has 152 valence electrons. The lowest BCUT2D eigenvalue weighted by Crippen LogP contribution is -2.22. The van der Waals surface area contributed by atoms with Gasteiger partial charge in [-0.2, -0.15) is 4.99 Å². The van der Waals surface area contributed by atoms with Crippen LogP contribution in [0.5, 0.6) is 0 Å². The van der Waals surface area contributed by atoms with Gasteiger partial charge in [0.2, 0.25) is 0 Å². The van der Waals surface area contributed by atoms with Crippen LogP contribution in [-0.2, 0) is 20.8 Å². The van der Waals surface area contributed by atoms with Crippen LogP contribution in [0.15, 0.2) is 29.3 Å². The van der Waals surface area contributed by atoms with Crippen molar-refractivity contribution in [3.8, 4) is 0 Å². The molecule has 0 fully saturated rings. The number of fused-ring (bicyclic) bond motifs is 1. The number of thiazole rings is 1. The molecule has 3 aromatic rings. The van der Waals surface area contributed by atoms with Gasteiger partial charge in [-0.3, -0.25) is 9.59 Å². The third-order valence-electron chi connectivity index (χ3n) is 3.79. The van der Waals surface area contributed by atoms with Crippen LogP contribution in [0, 0.1) is 0 Å². The molecule has 0 unspecified atom stereocenters. The molecule has 2 heterocycles. The smallest absolute Gasteiger partial charge is 0.338 e. The highest BCUT2D eigenvalue weighted by Gasteiger charge is 2.17. The molecule has 1 amide bonds. The van der Waals surface area contributed by atoms with E-state index in [4.69, 9.17) is 32.7 Å².